The van der Waals surface area contributed by atoms with Crippen LogP contribution in [-0.4, -0.2) is 33.3 Å². The molecule has 144 valence electrons. The Balaban J connectivity index is 1.85. The van der Waals surface area contributed by atoms with Gasteiger partial charge in [-0.2, -0.15) is 18.3 Å². The first-order chi connectivity index (χ1) is 12.7. The van der Waals surface area contributed by atoms with Gasteiger partial charge in [0.2, 0.25) is 5.78 Å². The first-order valence-corrected chi connectivity index (χ1v) is 8.79. The predicted molar refractivity (Wildman–Crippen MR) is 92.6 cm³/mol. The number of hydrogen-bond acceptors (Lipinski definition) is 3. The van der Waals surface area contributed by atoms with Crippen LogP contribution in [0.5, 0.6) is 0 Å². The molecule has 1 aliphatic rings. The highest BCUT2D eigenvalue weighted by atomic mass is 19.4. The van der Waals surface area contributed by atoms with E-state index in [0.29, 0.717) is 30.6 Å². The van der Waals surface area contributed by atoms with E-state index in [1.54, 1.807) is 6.92 Å². The molecule has 0 saturated heterocycles. The first kappa shape index (κ1) is 19.1. The van der Waals surface area contributed by atoms with Crippen LogP contribution < -0.4 is 0 Å². The van der Waals surface area contributed by atoms with Crippen molar-refractivity contribution in [2.45, 2.75) is 39.4 Å². The highest BCUT2D eigenvalue weighted by Crippen LogP contribution is 2.33. The van der Waals surface area contributed by atoms with Crippen molar-refractivity contribution >= 4 is 11.7 Å². The van der Waals surface area contributed by atoms with Crippen molar-refractivity contribution < 1.29 is 22.8 Å². The van der Waals surface area contributed by atoms with Gasteiger partial charge in [0.25, 0.3) is 5.91 Å². The normalized spacial score (nSPS) is 15.4. The van der Waals surface area contributed by atoms with Crippen LogP contribution in [0.4, 0.5) is 13.2 Å². The lowest BCUT2D eigenvalue weighted by molar-refractivity contribution is -0.147. The van der Waals surface area contributed by atoms with Gasteiger partial charge in [0, 0.05) is 35.7 Å². The predicted octanol–water partition coefficient (Wildman–Crippen LogP) is 3.60. The van der Waals surface area contributed by atoms with Gasteiger partial charge in [-0.25, -0.2) is 0 Å². The van der Waals surface area contributed by atoms with E-state index >= 15 is 0 Å². The van der Waals surface area contributed by atoms with Gasteiger partial charge >= 0.3 is 6.18 Å². The molecule has 1 N–H and O–H groups in total. The van der Waals surface area contributed by atoms with E-state index in [1.807, 2.05) is 6.92 Å². The minimum atomic E-state index is -4.40. The standard InChI is InChI=1S/C19H20F3N3O2/c1-3-11(2)17(26)18(27)25-9-8-15-14(10-25)16(24-23-15)12-4-6-13(7-5-12)19(20,21)22/h4-7,11H,3,8-10H2,1-2H3,(H,23,24)/t11-/m1/s1. The lowest BCUT2D eigenvalue weighted by Gasteiger charge is -2.27. The van der Waals surface area contributed by atoms with E-state index < -0.39 is 23.4 Å². The Morgan fingerprint density at radius 3 is 2.52 bits per heavy atom. The SMILES string of the molecule is CC[C@@H](C)C(=O)C(=O)N1CCc2[nH]nc(-c3ccc(C(F)(F)F)cc3)c2C1. The number of H-pyrrole nitrogens is 1. The van der Waals surface area contributed by atoms with Crippen molar-refractivity contribution in [3.63, 3.8) is 0 Å². The first-order valence-electron chi connectivity index (χ1n) is 8.79. The lowest BCUT2D eigenvalue weighted by atomic mass is 9.98. The number of benzene rings is 1. The molecule has 0 unspecified atom stereocenters. The second kappa shape index (κ2) is 7.17. The summed E-state index contributed by atoms with van der Waals surface area (Å²) in [5.74, 6) is -1.27. The van der Waals surface area contributed by atoms with Gasteiger partial charge in [-0.15, -0.1) is 0 Å². The fraction of sp³-hybridized carbons (Fsp3) is 0.421. The molecule has 0 aliphatic carbocycles. The zero-order valence-electron chi connectivity index (χ0n) is 15.1. The minimum absolute atomic E-state index is 0.212. The Kier molecular flexibility index (Phi) is 5.08. The van der Waals surface area contributed by atoms with E-state index in [0.717, 1.165) is 23.4 Å². The third-order valence-corrected chi connectivity index (χ3v) is 4.98. The molecule has 0 bridgehead atoms. The third kappa shape index (κ3) is 3.74. The van der Waals surface area contributed by atoms with Crippen LogP contribution in [0.1, 0.15) is 37.1 Å². The van der Waals surface area contributed by atoms with Crippen molar-refractivity contribution in [2.24, 2.45) is 5.92 Å². The average molecular weight is 379 g/mol. The molecule has 1 aliphatic heterocycles. The maximum Gasteiger partial charge on any atom is 0.416 e. The molecule has 0 fully saturated rings. The Labute approximate surface area is 154 Å². The highest BCUT2D eigenvalue weighted by molar-refractivity contribution is 6.36. The number of halogens is 3. The van der Waals surface area contributed by atoms with Gasteiger partial charge in [0.15, 0.2) is 0 Å². The van der Waals surface area contributed by atoms with E-state index in [2.05, 4.69) is 10.2 Å². The Hall–Kier alpha value is -2.64. The third-order valence-electron chi connectivity index (χ3n) is 4.98. The number of alkyl halides is 3. The van der Waals surface area contributed by atoms with Gasteiger partial charge in [0.1, 0.15) is 0 Å². The van der Waals surface area contributed by atoms with Crippen LogP contribution >= 0.6 is 0 Å². The smallest absolute Gasteiger partial charge is 0.331 e. The van der Waals surface area contributed by atoms with Crippen molar-refractivity contribution in [3.05, 3.63) is 41.1 Å². The molecule has 0 saturated carbocycles. The largest absolute Gasteiger partial charge is 0.416 e. The molecule has 0 radical (unpaired) electrons. The zero-order valence-corrected chi connectivity index (χ0v) is 15.1. The molecule has 1 aromatic carbocycles. The van der Waals surface area contributed by atoms with Crippen molar-refractivity contribution in [1.29, 1.82) is 0 Å². The summed E-state index contributed by atoms with van der Waals surface area (Å²) in [6, 6.07) is 4.75. The van der Waals surface area contributed by atoms with Gasteiger partial charge in [-0.3, -0.25) is 14.7 Å². The number of hydrogen-bond donors (Lipinski definition) is 1. The number of nitrogens with one attached hydrogen (secondary N) is 1. The number of carbonyl (C=O) groups excluding carboxylic acids is 2. The summed E-state index contributed by atoms with van der Waals surface area (Å²) in [5.41, 5.74) is 1.89. The van der Waals surface area contributed by atoms with Crippen molar-refractivity contribution in [1.82, 2.24) is 15.1 Å². The number of aromatic nitrogens is 2. The molecular formula is C19H20F3N3O2. The number of aromatic amines is 1. The zero-order chi connectivity index (χ0) is 19.8. The van der Waals surface area contributed by atoms with Gasteiger partial charge in [-0.05, 0) is 18.6 Å². The fourth-order valence-electron chi connectivity index (χ4n) is 3.08. The molecule has 5 nitrogen and oxygen atoms in total. The van der Waals surface area contributed by atoms with E-state index in [9.17, 15) is 22.8 Å². The topological polar surface area (TPSA) is 66.1 Å². The summed E-state index contributed by atoms with van der Waals surface area (Å²) in [4.78, 5) is 26.1. The maximum absolute atomic E-state index is 12.7. The lowest BCUT2D eigenvalue weighted by Crippen LogP contribution is -2.41. The number of ketones is 1. The molecule has 8 heteroatoms. The number of fused-ring (bicyclic) bond motifs is 1. The average Bonchev–Trinajstić information content (AvgIpc) is 3.08. The van der Waals surface area contributed by atoms with Crippen LogP contribution in [0.2, 0.25) is 0 Å². The number of rotatable bonds is 4. The molecule has 27 heavy (non-hydrogen) atoms. The number of nitrogens with zero attached hydrogens (tertiary/aromatic N) is 2. The van der Waals surface area contributed by atoms with Gasteiger partial charge in [0.05, 0.1) is 17.8 Å². The Morgan fingerprint density at radius 2 is 1.93 bits per heavy atom. The fourth-order valence-corrected chi connectivity index (χ4v) is 3.08. The van der Waals surface area contributed by atoms with Crippen LogP contribution in [0.3, 0.4) is 0 Å². The quantitative estimate of drug-likeness (QED) is 0.826. The second-order valence-electron chi connectivity index (χ2n) is 6.75. The molecule has 1 amide bonds. The molecule has 2 heterocycles. The molecular weight excluding hydrogens is 359 g/mol. The molecule has 1 aromatic heterocycles. The summed E-state index contributed by atoms with van der Waals surface area (Å²) in [6.45, 7) is 4.19. The molecule has 0 spiro atoms. The number of carbonyl (C=O) groups is 2. The van der Waals surface area contributed by atoms with Crippen LogP contribution in [0.25, 0.3) is 11.3 Å². The highest BCUT2D eigenvalue weighted by Gasteiger charge is 2.32. The van der Waals surface area contributed by atoms with Crippen LogP contribution in [0.15, 0.2) is 24.3 Å². The Morgan fingerprint density at radius 1 is 1.26 bits per heavy atom. The molecule has 2 aromatic rings. The monoisotopic (exact) mass is 379 g/mol. The summed E-state index contributed by atoms with van der Waals surface area (Å²) < 4.78 is 38.2. The second-order valence-corrected chi connectivity index (χ2v) is 6.75. The van der Waals surface area contributed by atoms with Crippen molar-refractivity contribution in [3.8, 4) is 11.3 Å². The summed E-state index contributed by atoms with van der Waals surface area (Å²) in [6.07, 6.45) is -3.29. The van der Waals surface area contributed by atoms with Gasteiger partial charge < -0.3 is 4.90 Å². The minimum Gasteiger partial charge on any atom is -0.331 e. The number of amides is 1. The maximum atomic E-state index is 12.7. The van der Waals surface area contributed by atoms with Crippen molar-refractivity contribution in [2.75, 3.05) is 6.54 Å². The van der Waals surface area contributed by atoms with Gasteiger partial charge in [-0.1, -0.05) is 26.0 Å². The van der Waals surface area contributed by atoms with E-state index in [4.69, 9.17) is 0 Å². The Bertz CT molecular complexity index is 856. The number of Topliss-reactive ketones (excluding diaryl/α,β-unsaturated/α-hetero) is 1. The summed E-state index contributed by atoms with van der Waals surface area (Å²) in [5, 5.41) is 7.12. The molecule has 1 atom stereocenters. The van der Waals surface area contributed by atoms with E-state index in [1.165, 1.54) is 17.0 Å². The van der Waals surface area contributed by atoms with Crippen LogP contribution in [-0.2, 0) is 28.7 Å². The van der Waals surface area contributed by atoms with Crippen LogP contribution in [0, 0.1) is 5.92 Å². The molecule has 3 rings (SSSR count). The summed E-state index contributed by atoms with van der Waals surface area (Å²) in [7, 11) is 0. The summed E-state index contributed by atoms with van der Waals surface area (Å²) >= 11 is 0. The van der Waals surface area contributed by atoms with E-state index in [-0.39, 0.29) is 12.5 Å².